The van der Waals surface area contributed by atoms with Crippen LogP contribution in [0.5, 0.6) is 5.75 Å². The molecule has 0 heterocycles. The zero-order valence-electron chi connectivity index (χ0n) is 9.31. The van der Waals surface area contributed by atoms with E-state index < -0.39 is 0 Å². The van der Waals surface area contributed by atoms with Crippen molar-refractivity contribution in [3.05, 3.63) is 53.1 Å². The van der Waals surface area contributed by atoms with E-state index in [0.717, 1.165) is 23.2 Å². The summed E-state index contributed by atoms with van der Waals surface area (Å²) in [5.74, 6) is 0.810. The molecule has 0 radical (unpaired) electrons. The molecule has 0 unspecified atom stereocenters. The predicted octanol–water partition coefficient (Wildman–Crippen LogP) is 3.83. The van der Waals surface area contributed by atoms with E-state index in [9.17, 15) is 4.79 Å². The molecule has 0 aromatic heterocycles. The maximum atomic E-state index is 10.7. The molecular formula is C14H11ClO2. The molecule has 2 aromatic carbocycles. The molecule has 3 heteroatoms. The van der Waals surface area contributed by atoms with Gasteiger partial charge in [-0.2, -0.15) is 0 Å². The summed E-state index contributed by atoms with van der Waals surface area (Å²) in [6.45, 7) is 0. The lowest BCUT2D eigenvalue weighted by atomic mass is 10.0. The molecule has 17 heavy (non-hydrogen) atoms. The van der Waals surface area contributed by atoms with Crippen molar-refractivity contribution in [3.8, 4) is 16.9 Å². The van der Waals surface area contributed by atoms with E-state index in [0.29, 0.717) is 10.6 Å². The highest BCUT2D eigenvalue weighted by Gasteiger charge is 2.03. The number of aldehydes is 1. The molecule has 0 saturated carbocycles. The van der Waals surface area contributed by atoms with E-state index in [-0.39, 0.29) is 0 Å². The molecule has 0 bridgehead atoms. The van der Waals surface area contributed by atoms with Gasteiger partial charge in [0.15, 0.2) is 6.29 Å². The van der Waals surface area contributed by atoms with Crippen LogP contribution < -0.4 is 4.74 Å². The number of carbonyl (C=O) groups excluding carboxylic acids is 1. The summed E-state index contributed by atoms with van der Waals surface area (Å²) in [6.07, 6.45) is 0.750. The Bertz CT molecular complexity index is 532. The molecular weight excluding hydrogens is 236 g/mol. The predicted molar refractivity (Wildman–Crippen MR) is 68.8 cm³/mol. The Hall–Kier alpha value is -1.80. The summed E-state index contributed by atoms with van der Waals surface area (Å²) < 4.78 is 5.09. The Kier molecular flexibility index (Phi) is 3.45. The molecule has 0 aliphatic rings. The van der Waals surface area contributed by atoms with Gasteiger partial charge in [-0.15, -0.1) is 0 Å². The Morgan fingerprint density at radius 3 is 2.24 bits per heavy atom. The highest BCUT2D eigenvalue weighted by Crippen LogP contribution is 2.26. The zero-order chi connectivity index (χ0) is 12.3. The summed E-state index contributed by atoms with van der Waals surface area (Å²) in [5, 5.41) is 0.466. The fourth-order valence-corrected chi connectivity index (χ4v) is 1.81. The van der Waals surface area contributed by atoms with Crippen LogP contribution in [0.25, 0.3) is 11.1 Å². The lowest BCUT2D eigenvalue weighted by Crippen LogP contribution is -1.85. The smallest absolute Gasteiger partial charge is 0.151 e. The van der Waals surface area contributed by atoms with E-state index >= 15 is 0 Å². The number of methoxy groups -OCH3 is 1. The van der Waals surface area contributed by atoms with Crippen molar-refractivity contribution < 1.29 is 9.53 Å². The largest absolute Gasteiger partial charge is 0.497 e. The maximum absolute atomic E-state index is 10.7. The van der Waals surface area contributed by atoms with Crippen LogP contribution in [0.15, 0.2) is 42.5 Å². The van der Waals surface area contributed by atoms with Gasteiger partial charge in [-0.1, -0.05) is 29.8 Å². The van der Waals surface area contributed by atoms with Crippen molar-refractivity contribution in [2.24, 2.45) is 0 Å². The number of carbonyl (C=O) groups is 1. The van der Waals surface area contributed by atoms with Crippen LogP contribution in [0.4, 0.5) is 0 Å². The van der Waals surface area contributed by atoms with Crippen molar-refractivity contribution in [2.75, 3.05) is 7.11 Å². The molecule has 2 aromatic rings. The Morgan fingerprint density at radius 1 is 1.06 bits per heavy atom. The van der Waals surface area contributed by atoms with Crippen LogP contribution in [-0.4, -0.2) is 13.4 Å². The van der Waals surface area contributed by atoms with Crippen molar-refractivity contribution in [2.45, 2.75) is 0 Å². The topological polar surface area (TPSA) is 26.3 Å². The van der Waals surface area contributed by atoms with Crippen molar-refractivity contribution in [3.63, 3.8) is 0 Å². The Balaban J connectivity index is 2.38. The van der Waals surface area contributed by atoms with E-state index in [1.165, 1.54) is 0 Å². The van der Waals surface area contributed by atoms with E-state index in [4.69, 9.17) is 16.3 Å². The molecule has 0 amide bonds. The van der Waals surface area contributed by atoms with Gasteiger partial charge < -0.3 is 4.74 Å². The van der Waals surface area contributed by atoms with Crippen molar-refractivity contribution >= 4 is 17.9 Å². The van der Waals surface area contributed by atoms with E-state index in [2.05, 4.69) is 0 Å². The normalized spacial score (nSPS) is 10.0. The van der Waals surface area contributed by atoms with Crippen LogP contribution in [0.1, 0.15) is 10.4 Å². The van der Waals surface area contributed by atoms with Gasteiger partial charge in [-0.05, 0) is 35.4 Å². The standard InChI is InChI=1S/C14H11ClO2/c1-17-13-6-4-10(5-7-13)11-2-3-12(9-16)14(15)8-11/h2-9H,1H3. The molecule has 0 aliphatic heterocycles. The molecule has 2 rings (SSSR count). The second kappa shape index (κ2) is 5.02. The second-order valence-electron chi connectivity index (χ2n) is 3.58. The minimum atomic E-state index is 0.466. The van der Waals surface area contributed by atoms with Crippen LogP contribution >= 0.6 is 11.6 Å². The Morgan fingerprint density at radius 2 is 1.71 bits per heavy atom. The number of rotatable bonds is 3. The zero-order valence-corrected chi connectivity index (χ0v) is 10.1. The number of halogens is 1. The SMILES string of the molecule is COc1ccc(-c2ccc(C=O)c(Cl)c2)cc1. The van der Waals surface area contributed by atoms with Gasteiger partial charge in [0.2, 0.25) is 0 Å². The minimum Gasteiger partial charge on any atom is -0.497 e. The average Bonchev–Trinajstić information content (AvgIpc) is 2.39. The molecule has 0 saturated heterocycles. The summed E-state index contributed by atoms with van der Waals surface area (Å²) in [5.41, 5.74) is 2.51. The molecule has 0 spiro atoms. The van der Waals surface area contributed by atoms with Gasteiger partial charge in [0.05, 0.1) is 12.1 Å². The molecule has 0 fully saturated rings. The number of hydrogen-bond acceptors (Lipinski definition) is 2. The Labute approximate surface area is 105 Å². The van der Waals surface area contributed by atoms with Crippen molar-refractivity contribution in [1.82, 2.24) is 0 Å². The van der Waals surface area contributed by atoms with Gasteiger partial charge in [0.25, 0.3) is 0 Å². The average molecular weight is 247 g/mol. The molecule has 86 valence electrons. The van der Waals surface area contributed by atoms with Crippen molar-refractivity contribution in [1.29, 1.82) is 0 Å². The van der Waals surface area contributed by atoms with Gasteiger partial charge in [-0.3, -0.25) is 4.79 Å². The first-order valence-corrected chi connectivity index (χ1v) is 5.51. The van der Waals surface area contributed by atoms with Gasteiger partial charge in [-0.25, -0.2) is 0 Å². The van der Waals surface area contributed by atoms with Crippen LogP contribution in [0.3, 0.4) is 0 Å². The first kappa shape index (κ1) is 11.7. The minimum absolute atomic E-state index is 0.466. The summed E-state index contributed by atoms with van der Waals surface area (Å²) in [7, 11) is 1.63. The third kappa shape index (κ3) is 2.48. The lowest BCUT2D eigenvalue weighted by molar-refractivity contribution is 0.112. The quantitative estimate of drug-likeness (QED) is 0.770. The summed E-state index contributed by atoms with van der Waals surface area (Å²) in [6, 6.07) is 13.0. The molecule has 2 nitrogen and oxygen atoms in total. The number of hydrogen-bond donors (Lipinski definition) is 0. The fourth-order valence-electron chi connectivity index (χ4n) is 1.59. The molecule has 0 aliphatic carbocycles. The number of ether oxygens (including phenoxy) is 1. The van der Waals surface area contributed by atoms with Crippen LogP contribution in [0.2, 0.25) is 5.02 Å². The molecule has 0 N–H and O–H groups in total. The van der Waals surface area contributed by atoms with Crippen LogP contribution in [-0.2, 0) is 0 Å². The molecule has 0 atom stereocenters. The van der Waals surface area contributed by atoms with Crippen LogP contribution in [0, 0.1) is 0 Å². The highest BCUT2D eigenvalue weighted by atomic mass is 35.5. The first-order valence-electron chi connectivity index (χ1n) is 5.14. The summed E-state index contributed by atoms with van der Waals surface area (Å²) in [4.78, 5) is 10.7. The lowest BCUT2D eigenvalue weighted by Gasteiger charge is -2.05. The second-order valence-corrected chi connectivity index (χ2v) is 3.99. The van der Waals surface area contributed by atoms with E-state index in [1.807, 2.05) is 30.3 Å². The third-order valence-corrected chi connectivity index (χ3v) is 2.88. The van der Waals surface area contributed by atoms with Gasteiger partial charge in [0.1, 0.15) is 5.75 Å². The fraction of sp³-hybridized carbons (Fsp3) is 0.0714. The first-order chi connectivity index (χ1) is 8.24. The van der Waals surface area contributed by atoms with E-state index in [1.54, 1.807) is 19.2 Å². The van der Waals surface area contributed by atoms with Gasteiger partial charge >= 0.3 is 0 Å². The van der Waals surface area contributed by atoms with Gasteiger partial charge in [0, 0.05) is 5.56 Å². The summed E-state index contributed by atoms with van der Waals surface area (Å²) >= 11 is 5.98. The highest BCUT2D eigenvalue weighted by molar-refractivity contribution is 6.33. The number of benzene rings is 2. The monoisotopic (exact) mass is 246 g/mol. The maximum Gasteiger partial charge on any atom is 0.151 e. The third-order valence-electron chi connectivity index (χ3n) is 2.55.